The Bertz CT molecular complexity index is 790. The van der Waals surface area contributed by atoms with Gasteiger partial charge >= 0.3 is 5.97 Å². The van der Waals surface area contributed by atoms with Gasteiger partial charge in [-0.25, -0.2) is 9.78 Å². The van der Waals surface area contributed by atoms with E-state index in [1.807, 2.05) is 24.0 Å². The topological polar surface area (TPSA) is 59.5 Å². The Balaban J connectivity index is 1.67. The van der Waals surface area contributed by atoms with Gasteiger partial charge in [0.2, 0.25) is 5.91 Å². The number of benzene rings is 1. The summed E-state index contributed by atoms with van der Waals surface area (Å²) < 4.78 is 4.65. The lowest BCUT2D eigenvalue weighted by Crippen LogP contribution is -2.37. The Morgan fingerprint density at radius 1 is 1.28 bits per heavy atom. The maximum atomic E-state index is 12.7. The van der Waals surface area contributed by atoms with Gasteiger partial charge in [-0.15, -0.1) is 0 Å². The van der Waals surface area contributed by atoms with Crippen LogP contribution in [0, 0.1) is 6.92 Å². The van der Waals surface area contributed by atoms with E-state index in [9.17, 15) is 9.59 Å². The van der Waals surface area contributed by atoms with Crippen molar-refractivity contribution in [3.8, 4) is 0 Å². The predicted octanol–water partition coefficient (Wildman–Crippen LogP) is 3.25. The number of thioether (sulfide) groups is 1. The van der Waals surface area contributed by atoms with E-state index in [2.05, 4.69) is 15.8 Å². The van der Waals surface area contributed by atoms with Crippen molar-refractivity contribution in [1.82, 2.24) is 4.98 Å². The van der Waals surface area contributed by atoms with Gasteiger partial charge in [-0.1, -0.05) is 30.0 Å². The highest BCUT2D eigenvalue weighted by Crippen LogP contribution is 2.31. The monoisotopic (exact) mass is 356 g/mol. The van der Waals surface area contributed by atoms with Crippen LogP contribution in [-0.2, 0) is 16.0 Å². The lowest BCUT2D eigenvalue weighted by Gasteiger charge is -2.31. The first kappa shape index (κ1) is 17.5. The van der Waals surface area contributed by atoms with Crippen LogP contribution in [0.2, 0.25) is 0 Å². The van der Waals surface area contributed by atoms with Gasteiger partial charge in [0.25, 0.3) is 0 Å². The van der Waals surface area contributed by atoms with Crippen LogP contribution in [0.5, 0.6) is 0 Å². The zero-order chi connectivity index (χ0) is 17.8. The van der Waals surface area contributed by atoms with Gasteiger partial charge in [0.1, 0.15) is 0 Å². The average Bonchev–Trinajstić information content (AvgIpc) is 2.65. The van der Waals surface area contributed by atoms with Crippen LogP contribution in [0.25, 0.3) is 0 Å². The molecule has 1 aromatic carbocycles. The Labute approximate surface area is 151 Å². The molecule has 0 radical (unpaired) electrons. The first-order valence-corrected chi connectivity index (χ1v) is 9.14. The Morgan fingerprint density at radius 3 is 2.84 bits per heavy atom. The third-order valence-corrected chi connectivity index (χ3v) is 5.15. The summed E-state index contributed by atoms with van der Waals surface area (Å²) in [5, 5.41) is 0.711. The maximum absolute atomic E-state index is 12.7. The van der Waals surface area contributed by atoms with Crippen molar-refractivity contribution in [3.05, 3.63) is 53.2 Å². The van der Waals surface area contributed by atoms with E-state index in [-0.39, 0.29) is 5.91 Å². The van der Waals surface area contributed by atoms with Crippen LogP contribution < -0.4 is 4.90 Å². The molecule has 6 heteroatoms. The predicted molar refractivity (Wildman–Crippen MR) is 98.2 cm³/mol. The number of nitrogens with zero attached hydrogens (tertiary/aromatic N) is 2. The number of aromatic nitrogens is 1. The van der Waals surface area contributed by atoms with E-state index in [0.29, 0.717) is 16.3 Å². The van der Waals surface area contributed by atoms with Crippen molar-refractivity contribution < 1.29 is 14.3 Å². The van der Waals surface area contributed by atoms with Crippen molar-refractivity contribution in [3.63, 3.8) is 0 Å². The number of para-hydroxylation sites is 1. The third-order valence-electron chi connectivity index (χ3n) is 4.22. The molecule has 0 unspecified atom stereocenters. The summed E-state index contributed by atoms with van der Waals surface area (Å²) in [5.41, 5.74) is 3.84. The summed E-state index contributed by atoms with van der Waals surface area (Å²) in [6, 6.07) is 9.59. The van der Waals surface area contributed by atoms with Crippen LogP contribution in [-0.4, -0.2) is 36.3 Å². The summed E-state index contributed by atoms with van der Waals surface area (Å²) >= 11 is 1.38. The lowest BCUT2D eigenvalue weighted by atomic mass is 9.98. The number of methoxy groups -OCH3 is 1. The second-order valence-corrected chi connectivity index (χ2v) is 6.89. The number of amides is 1. The fourth-order valence-electron chi connectivity index (χ4n) is 3.01. The number of hydrogen-bond donors (Lipinski definition) is 0. The Kier molecular flexibility index (Phi) is 5.38. The van der Waals surface area contributed by atoms with Crippen molar-refractivity contribution in [2.24, 2.45) is 0 Å². The molecule has 1 aliphatic rings. The quantitative estimate of drug-likeness (QED) is 0.622. The standard InChI is InChI=1S/C19H20N2O3S/c1-13-5-3-6-14-7-4-10-21(18(13)14)17(22)12-25-16-9-8-15(11-20-16)19(23)24-2/h3,5-6,8-9,11H,4,7,10,12H2,1-2H3. The van der Waals surface area contributed by atoms with Gasteiger partial charge < -0.3 is 9.64 Å². The van der Waals surface area contributed by atoms with Crippen molar-refractivity contribution in [2.45, 2.75) is 24.8 Å². The molecule has 0 fully saturated rings. The van der Waals surface area contributed by atoms with Gasteiger partial charge in [0.15, 0.2) is 0 Å². The molecule has 5 nitrogen and oxygen atoms in total. The van der Waals surface area contributed by atoms with Crippen LogP contribution >= 0.6 is 11.8 Å². The van der Waals surface area contributed by atoms with E-state index in [1.54, 1.807) is 12.1 Å². The van der Waals surface area contributed by atoms with E-state index in [0.717, 1.165) is 30.6 Å². The fourth-order valence-corrected chi connectivity index (χ4v) is 3.73. The molecule has 1 amide bonds. The summed E-state index contributed by atoms with van der Waals surface area (Å²) in [6.07, 6.45) is 3.47. The molecule has 25 heavy (non-hydrogen) atoms. The van der Waals surface area contributed by atoms with Gasteiger partial charge in [-0.05, 0) is 43.0 Å². The van der Waals surface area contributed by atoms with Crippen molar-refractivity contribution in [1.29, 1.82) is 0 Å². The molecule has 2 aromatic rings. The lowest BCUT2D eigenvalue weighted by molar-refractivity contribution is -0.116. The molecule has 0 aliphatic carbocycles. The number of hydrogen-bond acceptors (Lipinski definition) is 5. The fraction of sp³-hybridized carbons (Fsp3) is 0.316. The zero-order valence-electron chi connectivity index (χ0n) is 14.3. The van der Waals surface area contributed by atoms with E-state index in [4.69, 9.17) is 0 Å². The number of carbonyl (C=O) groups excluding carboxylic acids is 2. The Morgan fingerprint density at radius 2 is 2.12 bits per heavy atom. The van der Waals surface area contributed by atoms with Gasteiger partial charge in [-0.2, -0.15) is 0 Å². The van der Waals surface area contributed by atoms with Crippen LogP contribution in [0.3, 0.4) is 0 Å². The number of anilines is 1. The minimum atomic E-state index is -0.416. The van der Waals surface area contributed by atoms with Crippen LogP contribution in [0.4, 0.5) is 5.69 Å². The SMILES string of the molecule is COC(=O)c1ccc(SCC(=O)N2CCCc3cccc(C)c32)nc1. The largest absolute Gasteiger partial charge is 0.465 e. The first-order chi connectivity index (χ1) is 12.1. The van der Waals surface area contributed by atoms with Crippen molar-refractivity contribution in [2.75, 3.05) is 24.3 Å². The number of carbonyl (C=O) groups is 2. The minimum Gasteiger partial charge on any atom is -0.465 e. The highest BCUT2D eigenvalue weighted by Gasteiger charge is 2.24. The van der Waals surface area contributed by atoms with Gasteiger partial charge in [-0.3, -0.25) is 4.79 Å². The molecule has 0 saturated heterocycles. The number of ether oxygens (including phenoxy) is 1. The molecule has 0 N–H and O–H groups in total. The Hall–Kier alpha value is -2.34. The second-order valence-electron chi connectivity index (χ2n) is 5.90. The second kappa shape index (κ2) is 7.70. The molecule has 0 bridgehead atoms. The summed E-state index contributed by atoms with van der Waals surface area (Å²) in [4.78, 5) is 30.2. The van der Waals surface area contributed by atoms with Gasteiger partial charge in [0, 0.05) is 18.4 Å². The minimum absolute atomic E-state index is 0.0825. The number of rotatable bonds is 4. The van der Waals surface area contributed by atoms with Crippen LogP contribution in [0.15, 0.2) is 41.6 Å². The number of aryl methyl sites for hydroxylation is 2. The molecule has 3 rings (SSSR count). The summed E-state index contributed by atoms with van der Waals surface area (Å²) in [6.45, 7) is 2.80. The van der Waals surface area contributed by atoms with Crippen LogP contribution in [0.1, 0.15) is 27.9 Å². The number of esters is 1. The summed E-state index contributed by atoms with van der Waals surface area (Å²) in [7, 11) is 1.34. The molecule has 0 spiro atoms. The molecule has 130 valence electrons. The normalized spacial score (nSPS) is 13.3. The van der Waals surface area contributed by atoms with E-state index < -0.39 is 5.97 Å². The molecular weight excluding hydrogens is 336 g/mol. The van der Waals surface area contributed by atoms with E-state index in [1.165, 1.54) is 30.6 Å². The molecule has 1 aromatic heterocycles. The van der Waals surface area contributed by atoms with E-state index >= 15 is 0 Å². The van der Waals surface area contributed by atoms with Gasteiger partial charge in [0.05, 0.1) is 23.5 Å². The number of pyridine rings is 1. The number of fused-ring (bicyclic) bond motifs is 1. The zero-order valence-corrected chi connectivity index (χ0v) is 15.1. The first-order valence-electron chi connectivity index (χ1n) is 8.16. The molecular formula is C19H20N2O3S. The highest BCUT2D eigenvalue weighted by atomic mass is 32.2. The summed E-state index contributed by atoms with van der Waals surface area (Å²) in [5.74, 6) is -0.0159. The molecule has 0 saturated carbocycles. The maximum Gasteiger partial charge on any atom is 0.339 e. The molecule has 1 aliphatic heterocycles. The highest BCUT2D eigenvalue weighted by molar-refractivity contribution is 7.99. The molecule has 2 heterocycles. The third kappa shape index (κ3) is 3.85. The smallest absolute Gasteiger partial charge is 0.339 e. The molecule has 0 atom stereocenters. The van der Waals surface area contributed by atoms with Crippen molar-refractivity contribution >= 4 is 29.3 Å². The average molecular weight is 356 g/mol.